The lowest BCUT2D eigenvalue weighted by Crippen LogP contribution is -2.50. The largest absolute Gasteiger partial charge is 0.340 e. The van der Waals surface area contributed by atoms with Gasteiger partial charge in [0.05, 0.1) is 17.9 Å². The van der Waals surface area contributed by atoms with Crippen molar-refractivity contribution in [2.45, 2.75) is 13.3 Å². The molecule has 0 saturated carbocycles. The van der Waals surface area contributed by atoms with Gasteiger partial charge in [-0.3, -0.25) is 24.6 Å². The normalized spacial score (nSPS) is 14.4. The first-order valence-electron chi connectivity index (χ1n) is 9.61. The molecule has 3 rings (SSSR count). The van der Waals surface area contributed by atoms with Crippen LogP contribution < -0.4 is 5.32 Å². The summed E-state index contributed by atoms with van der Waals surface area (Å²) in [7, 11) is 0. The Labute approximate surface area is 173 Å². The summed E-state index contributed by atoms with van der Waals surface area (Å²) >= 11 is 0. The standard InChI is InChI=1S/C21H23FN4O4/c1-15-2-7-18(13-19(15)26(29)30)23-20(27)14-24-8-10-25(11-9-24)21(28)12-16-3-5-17(22)6-4-16/h2-7,13H,8-12,14H2,1H3,(H,23,27). The van der Waals surface area contributed by atoms with Gasteiger partial charge in [-0.05, 0) is 30.7 Å². The first kappa shape index (κ1) is 21.4. The van der Waals surface area contributed by atoms with Crippen LogP contribution in [-0.4, -0.2) is 59.3 Å². The fourth-order valence-corrected chi connectivity index (χ4v) is 3.33. The van der Waals surface area contributed by atoms with Crippen LogP contribution in [0.15, 0.2) is 42.5 Å². The van der Waals surface area contributed by atoms with Crippen molar-refractivity contribution in [1.29, 1.82) is 0 Å². The molecule has 1 fully saturated rings. The zero-order chi connectivity index (χ0) is 21.7. The smallest absolute Gasteiger partial charge is 0.274 e. The number of rotatable bonds is 6. The molecule has 1 aliphatic heterocycles. The van der Waals surface area contributed by atoms with Crippen molar-refractivity contribution in [1.82, 2.24) is 9.80 Å². The number of nitrogens with one attached hydrogen (secondary N) is 1. The number of amides is 2. The summed E-state index contributed by atoms with van der Waals surface area (Å²) in [5, 5.41) is 13.7. The van der Waals surface area contributed by atoms with E-state index in [-0.39, 0.29) is 36.3 Å². The highest BCUT2D eigenvalue weighted by Crippen LogP contribution is 2.22. The van der Waals surface area contributed by atoms with Gasteiger partial charge in [-0.15, -0.1) is 0 Å². The summed E-state index contributed by atoms with van der Waals surface area (Å²) in [6.45, 7) is 3.89. The Kier molecular flexibility index (Phi) is 6.73. The molecule has 9 heteroatoms. The molecule has 0 radical (unpaired) electrons. The molecule has 0 aromatic heterocycles. The highest BCUT2D eigenvalue weighted by molar-refractivity contribution is 5.92. The summed E-state index contributed by atoms with van der Waals surface area (Å²) in [5.74, 6) is -0.629. The highest BCUT2D eigenvalue weighted by atomic mass is 19.1. The van der Waals surface area contributed by atoms with Crippen LogP contribution in [0.3, 0.4) is 0 Å². The fourth-order valence-electron chi connectivity index (χ4n) is 3.33. The Hall–Kier alpha value is -3.33. The molecule has 30 heavy (non-hydrogen) atoms. The molecule has 158 valence electrons. The molecule has 0 atom stereocenters. The van der Waals surface area contributed by atoms with Gasteiger partial charge in [-0.2, -0.15) is 0 Å². The molecule has 2 aromatic carbocycles. The maximum absolute atomic E-state index is 13.0. The van der Waals surface area contributed by atoms with Crippen LogP contribution in [0.1, 0.15) is 11.1 Å². The quantitative estimate of drug-likeness (QED) is 0.578. The van der Waals surface area contributed by atoms with Gasteiger partial charge >= 0.3 is 0 Å². The van der Waals surface area contributed by atoms with Crippen molar-refractivity contribution in [3.63, 3.8) is 0 Å². The van der Waals surface area contributed by atoms with E-state index < -0.39 is 4.92 Å². The second-order valence-electron chi connectivity index (χ2n) is 7.27. The predicted octanol–water partition coefficient (Wildman–Crippen LogP) is 2.37. The van der Waals surface area contributed by atoms with Crippen molar-refractivity contribution in [2.75, 3.05) is 38.0 Å². The van der Waals surface area contributed by atoms with Gasteiger partial charge in [0.2, 0.25) is 11.8 Å². The van der Waals surface area contributed by atoms with Crippen LogP contribution in [0.2, 0.25) is 0 Å². The Morgan fingerprint density at radius 3 is 2.40 bits per heavy atom. The Bertz CT molecular complexity index is 941. The number of halogens is 1. The number of piperazine rings is 1. The zero-order valence-electron chi connectivity index (χ0n) is 16.6. The summed E-state index contributed by atoms with van der Waals surface area (Å²) < 4.78 is 13.0. The summed E-state index contributed by atoms with van der Waals surface area (Å²) in [4.78, 5) is 38.9. The number of carbonyl (C=O) groups excluding carboxylic acids is 2. The van der Waals surface area contributed by atoms with Crippen LogP contribution in [0, 0.1) is 22.9 Å². The van der Waals surface area contributed by atoms with E-state index in [0.717, 1.165) is 5.56 Å². The third-order valence-corrected chi connectivity index (χ3v) is 5.05. The molecule has 1 saturated heterocycles. The minimum Gasteiger partial charge on any atom is -0.340 e. The van der Waals surface area contributed by atoms with E-state index in [2.05, 4.69) is 5.32 Å². The molecule has 1 heterocycles. The van der Waals surface area contributed by atoms with E-state index in [0.29, 0.717) is 37.4 Å². The lowest BCUT2D eigenvalue weighted by Gasteiger charge is -2.34. The Morgan fingerprint density at radius 2 is 1.77 bits per heavy atom. The number of carbonyl (C=O) groups is 2. The molecule has 1 aliphatic rings. The third kappa shape index (κ3) is 5.60. The molecule has 0 unspecified atom stereocenters. The van der Waals surface area contributed by atoms with Crippen LogP contribution in [0.4, 0.5) is 15.8 Å². The number of nitro benzene ring substituents is 1. The van der Waals surface area contributed by atoms with E-state index in [9.17, 15) is 24.1 Å². The SMILES string of the molecule is Cc1ccc(NC(=O)CN2CCN(C(=O)Cc3ccc(F)cc3)CC2)cc1[N+](=O)[O-]. The maximum atomic E-state index is 13.0. The topological polar surface area (TPSA) is 95.8 Å². The number of nitro groups is 1. The van der Waals surface area contributed by atoms with Gasteiger partial charge in [0.1, 0.15) is 5.82 Å². The second-order valence-corrected chi connectivity index (χ2v) is 7.27. The van der Waals surface area contributed by atoms with Crippen molar-refractivity contribution >= 4 is 23.2 Å². The average molecular weight is 414 g/mol. The number of nitrogens with zero attached hydrogens (tertiary/aromatic N) is 3. The molecule has 0 spiro atoms. The van der Waals surface area contributed by atoms with E-state index in [4.69, 9.17) is 0 Å². The number of benzene rings is 2. The summed E-state index contributed by atoms with van der Waals surface area (Å²) in [6.07, 6.45) is 0.215. The Balaban J connectivity index is 1.46. The first-order chi connectivity index (χ1) is 14.3. The minimum absolute atomic E-state index is 0.0299. The van der Waals surface area contributed by atoms with Gasteiger partial charge in [0.15, 0.2) is 0 Å². The highest BCUT2D eigenvalue weighted by Gasteiger charge is 2.23. The molecule has 2 aromatic rings. The van der Waals surface area contributed by atoms with E-state index in [1.165, 1.54) is 18.2 Å². The van der Waals surface area contributed by atoms with Crippen molar-refractivity contribution < 1.29 is 18.9 Å². The zero-order valence-corrected chi connectivity index (χ0v) is 16.6. The van der Waals surface area contributed by atoms with Crippen LogP contribution in [0.5, 0.6) is 0 Å². The maximum Gasteiger partial charge on any atom is 0.274 e. The molecule has 2 amide bonds. The summed E-state index contributed by atoms with van der Waals surface area (Å²) in [5.41, 5.74) is 1.63. The third-order valence-electron chi connectivity index (χ3n) is 5.05. The van der Waals surface area contributed by atoms with Gasteiger partial charge < -0.3 is 10.2 Å². The van der Waals surface area contributed by atoms with Crippen LogP contribution in [0.25, 0.3) is 0 Å². The molecule has 1 N–H and O–H groups in total. The molecular weight excluding hydrogens is 391 g/mol. The predicted molar refractivity (Wildman–Crippen MR) is 110 cm³/mol. The van der Waals surface area contributed by atoms with Gasteiger partial charge in [0, 0.05) is 43.5 Å². The van der Waals surface area contributed by atoms with Gasteiger partial charge in [-0.1, -0.05) is 18.2 Å². The van der Waals surface area contributed by atoms with Crippen LogP contribution >= 0.6 is 0 Å². The van der Waals surface area contributed by atoms with Crippen molar-refractivity contribution in [3.8, 4) is 0 Å². The summed E-state index contributed by atoms with van der Waals surface area (Å²) in [6, 6.07) is 10.4. The van der Waals surface area contributed by atoms with E-state index in [1.807, 2.05) is 4.90 Å². The molecule has 8 nitrogen and oxygen atoms in total. The van der Waals surface area contributed by atoms with Gasteiger partial charge in [-0.25, -0.2) is 4.39 Å². The lowest BCUT2D eigenvalue weighted by atomic mass is 10.1. The minimum atomic E-state index is -0.479. The van der Waals surface area contributed by atoms with E-state index >= 15 is 0 Å². The molecule has 0 aliphatic carbocycles. The fraction of sp³-hybridized carbons (Fsp3) is 0.333. The number of anilines is 1. The molecule has 0 bridgehead atoms. The molecular formula is C21H23FN4O4. The number of hydrogen-bond acceptors (Lipinski definition) is 5. The van der Waals surface area contributed by atoms with E-state index in [1.54, 1.807) is 36.1 Å². The average Bonchev–Trinajstić information content (AvgIpc) is 2.71. The number of hydrogen-bond donors (Lipinski definition) is 1. The Morgan fingerprint density at radius 1 is 1.10 bits per heavy atom. The van der Waals surface area contributed by atoms with Gasteiger partial charge in [0.25, 0.3) is 5.69 Å². The number of aryl methyl sites for hydroxylation is 1. The lowest BCUT2D eigenvalue weighted by molar-refractivity contribution is -0.385. The van der Waals surface area contributed by atoms with Crippen LogP contribution in [-0.2, 0) is 16.0 Å². The first-order valence-corrected chi connectivity index (χ1v) is 9.61. The monoisotopic (exact) mass is 414 g/mol. The second kappa shape index (κ2) is 9.45. The van der Waals surface area contributed by atoms with Crippen molar-refractivity contribution in [2.24, 2.45) is 0 Å². The van der Waals surface area contributed by atoms with Crippen molar-refractivity contribution in [3.05, 3.63) is 69.5 Å².